The van der Waals surface area contributed by atoms with E-state index in [1.165, 1.54) is 18.2 Å². The minimum atomic E-state index is -0.333. The molecule has 98 valence electrons. The summed E-state index contributed by atoms with van der Waals surface area (Å²) in [6.07, 6.45) is 0. The first-order valence-corrected chi connectivity index (χ1v) is 6.62. The topological polar surface area (TPSA) is 54.9 Å². The van der Waals surface area contributed by atoms with Crippen LogP contribution in [-0.2, 0) is 0 Å². The molecule has 1 N–H and O–H groups in total. The van der Waals surface area contributed by atoms with Gasteiger partial charge in [-0.05, 0) is 60.7 Å². The lowest BCUT2D eigenvalue weighted by Gasteiger charge is -2.09. The summed E-state index contributed by atoms with van der Waals surface area (Å²) in [6.45, 7) is 3.49. The monoisotopic (exact) mass is 371 g/mol. The molecule has 0 saturated heterocycles. The Labute approximate surface area is 123 Å². The number of aromatic nitrogens is 2. The number of carbonyl (C=O) groups excluding carboxylic acids is 1. The molecule has 2 rings (SSSR count). The maximum Gasteiger partial charge on any atom is 0.257 e. The van der Waals surface area contributed by atoms with Crippen molar-refractivity contribution in [1.29, 1.82) is 0 Å². The summed E-state index contributed by atoms with van der Waals surface area (Å²) in [4.78, 5) is 12.1. The summed E-state index contributed by atoms with van der Waals surface area (Å²) in [5, 5.41) is 10.5. The third-order valence-corrected chi connectivity index (χ3v) is 3.42. The number of amides is 1. The molecule has 19 heavy (non-hydrogen) atoms. The van der Waals surface area contributed by atoms with Crippen molar-refractivity contribution >= 4 is 34.2 Å². The summed E-state index contributed by atoms with van der Waals surface area (Å²) in [5.74, 6) is -0.611. The fourth-order valence-corrected chi connectivity index (χ4v) is 2.17. The molecule has 1 aromatic heterocycles. The van der Waals surface area contributed by atoms with Crippen LogP contribution >= 0.6 is 22.6 Å². The molecule has 1 aromatic carbocycles. The van der Waals surface area contributed by atoms with Crippen LogP contribution in [0, 0.1) is 23.2 Å². The number of anilines is 1. The van der Waals surface area contributed by atoms with Crippen LogP contribution in [0.4, 0.5) is 10.1 Å². The molecule has 0 aliphatic rings. The Hall–Kier alpha value is -1.57. The van der Waals surface area contributed by atoms with Crippen LogP contribution in [0.25, 0.3) is 0 Å². The Morgan fingerprint density at radius 2 is 2.00 bits per heavy atom. The van der Waals surface area contributed by atoms with Crippen LogP contribution in [0.1, 0.15) is 21.7 Å². The lowest BCUT2D eigenvalue weighted by Crippen LogP contribution is -2.15. The normalized spacial score (nSPS) is 10.3. The molecule has 6 heteroatoms. The predicted molar refractivity (Wildman–Crippen MR) is 78.6 cm³/mol. The molecule has 1 heterocycles. The maximum absolute atomic E-state index is 13.0. The van der Waals surface area contributed by atoms with Crippen molar-refractivity contribution < 1.29 is 9.18 Å². The van der Waals surface area contributed by atoms with Crippen molar-refractivity contribution in [2.45, 2.75) is 13.8 Å². The van der Waals surface area contributed by atoms with E-state index in [2.05, 4.69) is 15.5 Å². The quantitative estimate of drug-likeness (QED) is 0.826. The molecule has 0 fully saturated rings. The number of hydrogen-bond donors (Lipinski definition) is 1. The van der Waals surface area contributed by atoms with Crippen molar-refractivity contribution in [3.63, 3.8) is 0 Å². The zero-order valence-electron chi connectivity index (χ0n) is 10.4. The fourth-order valence-electron chi connectivity index (χ4n) is 1.56. The van der Waals surface area contributed by atoms with E-state index in [0.29, 0.717) is 26.2 Å². The molecular weight excluding hydrogens is 360 g/mol. The number of aryl methyl sites for hydroxylation is 2. The van der Waals surface area contributed by atoms with Crippen molar-refractivity contribution in [2.75, 3.05) is 5.32 Å². The predicted octanol–water partition coefficient (Wildman–Crippen LogP) is 3.09. The average Bonchev–Trinajstić information content (AvgIpc) is 2.35. The average molecular weight is 371 g/mol. The van der Waals surface area contributed by atoms with Crippen LogP contribution in [0.3, 0.4) is 0 Å². The van der Waals surface area contributed by atoms with Gasteiger partial charge in [-0.25, -0.2) is 4.39 Å². The molecule has 0 aliphatic carbocycles. The van der Waals surface area contributed by atoms with E-state index in [-0.39, 0.29) is 11.7 Å². The van der Waals surface area contributed by atoms with Gasteiger partial charge in [0, 0.05) is 3.57 Å². The van der Waals surface area contributed by atoms with Crippen LogP contribution in [0.15, 0.2) is 24.3 Å². The van der Waals surface area contributed by atoms with E-state index in [1.807, 2.05) is 22.6 Å². The highest BCUT2D eigenvalue weighted by molar-refractivity contribution is 14.1. The van der Waals surface area contributed by atoms with Crippen LogP contribution in [0.2, 0.25) is 0 Å². The second-order valence-corrected chi connectivity index (χ2v) is 5.23. The summed E-state index contributed by atoms with van der Waals surface area (Å²) < 4.78 is 13.6. The number of hydrogen-bond acceptors (Lipinski definition) is 3. The van der Waals surface area contributed by atoms with Gasteiger partial charge in [0.15, 0.2) is 0 Å². The Morgan fingerprint density at radius 3 is 2.68 bits per heavy atom. The van der Waals surface area contributed by atoms with Gasteiger partial charge in [-0.3, -0.25) is 4.79 Å². The van der Waals surface area contributed by atoms with E-state index in [0.717, 1.165) is 0 Å². The van der Waals surface area contributed by atoms with E-state index in [9.17, 15) is 9.18 Å². The van der Waals surface area contributed by atoms with Gasteiger partial charge in [-0.2, -0.15) is 10.2 Å². The van der Waals surface area contributed by atoms with Crippen LogP contribution in [0.5, 0.6) is 0 Å². The molecule has 0 bridgehead atoms. The first-order chi connectivity index (χ1) is 8.97. The smallest absolute Gasteiger partial charge is 0.257 e. The Kier molecular flexibility index (Phi) is 4.08. The summed E-state index contributed by atoms with van der Waals surface area (Å²) in [6, 6.07) is 5.87. The summed E-state index contributed by atoms with van der Waals surface area (Å²) in [5.41, 5.74) is 2.26. The van der Waals surface area contributed by atoms with Gasteiger partial charge in [0.2, 0.25) is 0 Å². The number of rotatable bonds is 2. The molecule has 0 unspecified atom stereocenters. The van der Waals surface area contributed by atoms with E-state index < -0.39 is 0 Å². The van der Waals surface area contributed by atoms with Crippen molar-refractivity contribution in [3.05, 3.63) is 50.6 Å². The van der Waals surface area contributed by atoms with E-state index >= 15 is 0 Å². The maximum atomic E-state index is 13.0. The van der Waals surface area contributed by atoms with Gasteiger partial charge >= 0.3 is 0 Å². The van der Waals surface area contributed by atoms with Crippen molar-refractivity contribution in [2.24, 2.45) is 0 Å². The lowest BCUT2D eigenvalue weighted by molar-refractivity contribution is 0.102. The van der Waals surface area contributed by atoms with Crippen molar-refractivity contribution in [1.82, 2.24) is 10.2 Å². The molecule has 0 radical (unpaired) electrons. The number of benzene rings is 1. The highest BCUT2D eigenvalue weighted by Gasteiger charge is 2.13. The standard InChI is InChI=1S/C13H11FIN3O/c1-7-5-10(8(2)18-17-7)13(19)16-12-4-3-9(14)6-11(12)15/h3-6H,1-2H3,(H,16,19). The first-order valence-electron chi connectivity index (χ1n) is 5.54. The van der Waals surface area contributed by atoms with Crippen LogP contribution in [-0.4, -0.2) is 16.1 Å². The molecule has 4 nitrogen and oxygen atoms in total. The van der Waals surface area contributed by atoms with Gasteiger partial charge in [-0.15, -0.1) is 0 Å². The Balaban J connectivity index is 2.28. The third kappa shape index (κ3) is 3.25. The van der Waals surface area contributed by atoms with Gasteiger partial charge in [0.1, 0.15) is 5.82 Å². The Bertz CT molecular complexity index is 646. The number of carbonyl (C=O) groups is 1. The minimum absolute atomic E-state index is 0.278. The molecule has 0 atom stereocenters. The Morgan fingerprint density at radius 1 is 1.26 bits per heavy atom. The zero-order chi connectivity index (χ0) is 14.0. The number of nitrogens with zero attached hydrogens (tertiary/aromatic N) is 2. The molecule has 1 amide bonds. The molecular formula is C13H11FIN3O. The molecule has 0 aliphatic heterocycles. The lowest BCUT2D eigenvalue weighted by atomic mass is 10.2. The molecule has 0 saturated carbocycles. The summed E-state index contributed by atoms with van der Waals surface area (Å²) in [7, 11) is 0. The molecule has 2 aromatic rings. The number of halogens is 2. The van der Waals surface area contributed by atoms with Crippen molar-refractivity contribution in [3.8, 4) is 0 Å². The minimum Gasteiger partial charge on any atom is -0.321 e. The highest BCUT2D eigenvalue weighted by Crippen LogP contribution is 2.20. The SMILES string of the molecule is Cc1cc(C(=O)Nc2ccc(F)cc2I)c(C)nn1. The summed E-state index contributed by atoms with van der Waals surface area (Å²) >= 11 is 1.97. The first kappa shape index (κ1) is 13.9. The van der Waals surface area contributed by atoms with Gasteiger partial charge in [0.05, 0.1) is 22.6 Å². The van der Waals surface area contributed by atoms with Gasteiger partial charge in [-0.1, -0.05) is 0 Å². The highest BCUT2D eigenvalue weighted by atomic mass is 127. The largest absolute Gasteiger partial charge is 0.321 e. The van der Waals surface area contributed by atoms with E-state index in [4.69, 9.17) is 0 Å². The van der Waals surface area contributed by atoms with E-state index in [1.54, 1.807) is 19.9 Å². The van der Waals surface area contributed by atoms with Gasteiger partial charge < -0.3 is 5.32 Å². The third-order valence-electron chi connectivity index (χ3n) is 2.52. The number of nitrogens with one attached hydrogen (secondary N) is 1. The van der Waals surface area contributed by atoms with Crippen LogP contribution < -0.4 is 5.32 Å². The second kappa shape index (κ2) is 5.60. The van der Waals surface area contributed by atoms with Gasteiger partial charge in [0.25, 0.3) is 5.91 Å². The molecule has 0 spiro atoms. The second-order valence-electron chi connectivity index (χ2n) is 4.06. The fraction of sp³-hybridized carbons (Fsp3) is 0.154. The zero-order valence-corrected chi connectivity index (χ0v) is 12.5.